The fourth-order valence-corrected chi connectivity index (χ4v) is 9.02. The number of carboxylic acid groups (broad SMARTS) is 1. The SMILES string of the molecule is C[C@]12C=CC(=O)C=C1CC[C@H]1[C@@H]3CC[C@](OC(=O)c4ccc(Oc5ccc(OCc6ccccc6)nc5)cc4)(C(=O)O)[C@@]3(C)C[C@H](O)[C@@]12F. The third-order valence-corrected chi connectivity index (χ3v) is 11.6. The smallest absolute Gasteiger partial charge is 0.348 e. The van der Waals surface area contributed by atoms with Crippen LogP contribution < -0.4 is 9.47 Å². The van der Waals surface area contributed by atoms with E-state index >= 15 is 4.39 Å². The topological polar surface area (TPSA) is 132 Å². The predicted octanol–water partition coefficient (Wildman–Crippen LogP) is 6.80. The van der Waals surface area contributed by atoms with Crippen LogP contribution in [0.15, 0.2) is 96.7 Å². The van der Waals surface area contributed by atoms with E-state index in [2.05, 4.69) is 4.98 Å². The number of carboxylic acids is 1. The first-order valence-electron chi connectivity index (χ1n) is 16.6. The summed E-state index contributed by atoms with van der Waals surface area (Å²) in [5, 5.41) is 22.2. The van der Waals surface area contributed by atoms with Crippen molar-refractivity contribution in [1.29, 1.82) is 0 Å². The molecule has 2 N–H and O–H groups in total. The van der Waals surface area contributed by atoms with E-state index in [1.807, 2.05) is 30.3 Å². The summed E-state index contributed by atoms with van der Waals surface area (Å²) in [6.45, 7) is 3.79. The lowest BCUT2D eigenvalue weighted by Crippen LogP contribution is -2.69. The van der Waals surface area contributed by atoms with Gasteiger partial charge in [0.15, 0.2) is 11.5 Å². The van der Waals surface area contributed by atoms with Crippen LogP contribution in [-0.2, 0) is 20.9 Å². The Hall–Kier alpha value is -4.83. The summed E-state index contributed by atoms with van der Waals surface area (Å²) in [7, 11) is 0. The number of fused-ring (bicyclic) bond motifs is 5. The Morgan fingerprint density at radius 2 is 1.71 bits per heavy atom. The van der Waals surface area contributed by atoms with Crippen molar-refractivity contribution in [2.75, 3.05) is 0 Å². The van der Waals surface area contributed by atoms with Gasteiger partial charge in [0.1, 0.15) is 18.1 Å². The van der Waals surface area contributed by atoms with E-state index in [-0.39, 0.29) is 24.2 Å². The second kappa shape index (κ2) is 11.9. The number of halogens is 1. The van der Waals surface area contributed by atoms with Crippen LogP contribution in [0.5, 0.6) is 17.4 Å². The Morgan fingerprint density at radius 1 is 0.980 bits per heavy atom. The third kappa shape index (κ3) is 5.15. The standard InChI is InChI=1S/C39H38FNO8/c1-36-18-16-27(42)20-26(36)10-14-31-30-17-19-38(35(45)46,37(30,2)21-32(43)39(31,36)40)49-34(44)25-8-11-28(12-9-25)48-29-13-15-33(41-22-29)47-23-24-6-4-3-5-7-24/h3-9,11-13,15-16,18,20,22,30-32,43H,10,14,17,19,21,23H2,1-2H3,(H,45,46)/t30-,31-,32-,36-,37-,38-,39-/m0/s1. The van der Waals surface area contributed by atoms with Gasteiger partial charge in [0.25, 0.3) is 0 Å². The molecule has 49 heavy (non-hydrogen) atoms. The molecule has 7 atom stereocenters. The average Bonchev–Trinajstić information content (AvgIpc) is 3.38. The van der Waals surface area contributed by atoms with Crippen molar-refractivity contribution in [3.63, 3.8) is 0 Å². The summed E-state index contributed by atoms with van der Waals surface area (Å²) in [6.07, 6.45) is 5.23. The summed E-state index contributed by atoms with van der Waals surface area (Å²) >= 11 is 0. The molecule has 0 amide bonds. The van der Waals surface area contributed by atoms with Crippen molar-refractivity contribution in [2.24, 2.45) is 22.7 Å². The summed E-state index contributed by atoms with van der Waals surface area (Å²) in [4.78, 5) is 43.0. The molecule has 0 spiro atoms. The molecule has 3 fully saturated rings. The molecule has 1 aromatic heterocycles. The largest absolute Gasteiger partial charge is 0.478 e. The lowest BCUT2D eigenvalue weighted by atomic mass is 9.45. The number of ketones is 1. The Balaban J connectivity index is 1.05. The third-order valence-electron chi connectivity index (χ3n) is 11.6. The van der Waals surface area contributed by atoms with Gasteiger partial charge in [0.2, 0.25) is 11.5 Å². The highest BCUT2D eigenvalue weighted by Crippen LogP contribution is 2.70. The van der Waals surface area contributed by atoms with Crippen LogP contribution in [0.25, 0.3) is 0 Å². The van der Waals surface area contributed by atoms with Crippen molar-refractivity contribution in [1.82, 2.24) is 4.98 Å². The number of allylic oxidation sites excluding steroid dienone is 4. The second-order valence-electron chi connectivity index (χ2n) is 14.1. The molecule has 9 nitrogen and oxygen atoms in total. The van der Waals surface area contributed by atoms with E-state index in [9.17, 15) is 24.6 Å². The fourth-order valence-electron chi connectivity index (χ4n) is 9.02. The van der Waals surface area contributed by atoms with Crippen LogP contribution in [-0.4, -0.2) is 50.3 Å². The van der Waals surface area contributed by atoms with Gasteiger partial charge in [0, 0.05) is 22.8 Å². The van der Waals surface area contributed by atoms with Gasteiger partial charge in [-0.25, -0.2) is 19.0 Å². The predicted molar refractivity (Wildman–Crippen MR) is 176 cm³/mol. The Morgan fingerprint density at radius 3 is 2.41 bits per heavy atom. The zero-order chi connectivity index (χ0) is 34.6. The first kappa shape index (κ1) is 32.7. The van der Waals surface area contributed by atoms with Crippen LogP contribution in [0.1, 0.15) is 61.9 Å². The van der Waals surface area contributed by atoms with Crippen molar-refractivity contribution in [3.05, 3.63) is 108 Å². The molecule has 3 aromatic rings. The Bertz CT molecular complexity index is 1840. The number of pyridine rings is 1. The van der Waals surface area contributed by atoms with E-state index in [4.69, 9.17) is 14.2 Å². The van der Waals surface area contributed by atoms with Crippen LogP contribution in [0.3, 0.4) is 0 Å². The zero-order valence-corrected chi connectivity index (χ0v) is 27.3. The first-order chi connectivity index (χ1) is 23.4. The van der Waals surface area contributed by atoms with E-state index in [0.29, 0.717) is 48.8 Å². The first-order valence-corrected chi connectivity index (χ1v) is 16.6. The minimum absolute atomic E-state index is 0.0124. The van der Waals surface area contributed by atoms with Gasteiger partial charge in [-0.2, -0.15) is 0 Å². The van der Waals surface area contributed by atoms with Crippen molar-refractivity contribution >= 4 is 17.7 Å². The van der Waals surface area contributed by atoms with E-state index < -0.39 is 52.0 Å². The highest BCUT2D eigenvalue weighted by molar-refractivity contribution is 6.01. The molecule has 4 aliphatic rings. The van der Waals surface area contributed by atoms with Gasteiger partial charge in [0.05, 0.1) is 17.9 Å². The maximum atomic E-state index is 17.4. The van der Waals surface area contributed by atoms with E-state index in [0.717, 1.165) is 5.56 Å². The fraction of sp³-hybridized carbons (Fsp3) is 0.385. The molecule has 0 aliphatic heterocycles. The Kier molecular flexibility index (Phi) is 7.97. The number of carbonyl (C=O) groups excluding carboxylic acids is 2. The normalized spacial score (nSPS) is 33.0. The molecule has 3 saturated carbocycles. The maximum Gasteiger partial charge on any atom is 0.348 e. The molecule has 254 valence electrons. The Labute approximate surface area is 283 Å². The second-order valence-corrected chi connectivity index (χ2v) is 14.1. The van der Waals surface area contributed by atoms with Gasteiger partial charge in [-0.1, -0.05) is 48.9 Å². The molecule has 0 unspecified atom stereocenters. The molecule has 2 aromatic carbocycles. The summed E-state index contributed by atoms with van der Waals surface area (Å²) < 4.78 is 35.0. The number of esters is 1. The van der Waals surface area contributed by atoms with Crippen molar-refractivity contribution in [3.8, 4) is 17.4 Å². The molecule has 0 saturated heterocycles. The summed E-state index contributed by atoms with van der Waals surface area (Å²) in [6, 6.07) is 19.2. The average molecular weight is 668 g/mol. The lowest BCUT2D eigenvalue weighted by Gasteiger charge is -2.62. The van der Waals surface area contributed by atoms with Gasteiger partial charge >= 0.3 is 11.9 Å². The number of hydrogen-bond acceptors (Lipinski definition) is 8. The summed E-state index contributed by atoms with van der Waals surface area (Å²) in [5.74, 6) is -2.23. The molecule has 10 heteroatoms. The van der Waals surface area contributed by atoms with Gasteiger partial charge in [-0.3, -0.25) is 4.79 Å². The van der Waals surface area contributed by atoms with Crippen LogP contribution in [0, 0.1) is 22.7 Å². The van der Waals surface area contributed by atoms with Crippen LogP contribution in [0.2, 0.25) is 0 Å². The zero-order valence-electron chi connectivity index (χ0n) is 27.3. The number of rotatable bonds is 8. The number of aliphatic hydroxyl groups is 1. The lowest BCUT2D eigenvalue weighted by molar-refractivity contribution is -0.222. The number of ether oxygens (including phenoxy) is 3. The molecular weight excluding hydrogens is 629 g/mol. The molecule has 0 bridgehead atoms. The number of aromatic nitrogens is 1. The number of nitrogens with zero attached hydrogens (tertiary/aromatic N) is 1. The number of carbonyl (C=O) groups is 3. The van der Waals surface area contributed by atoms with Crippen molar-refractivity contribution < 1.29 is 43.2 Å². The molecular formula is C39H38FNO8. The van der Waals surface area contributed by atoms with Crippen LogP contribution in [0.4, 0.5) is 4.39 Å². The minimum atomic E-state index is -2.11. The summed E-state index contributed by atoms with van der Waals surface area (Å²) in [5.41, 5.74) is -4.75. The number of aliphatic carboxylic acids is 1. The quantitative estimate of drug-likeness (QED) is 0.249. The molecule has 0 radical (unpaired) electrons. The molecule has 1 heterocycles. The highest BCUT2D eigenvalue weighted by atomic mass is 19.1. The highest BCUT2D eigenvalue weighted by Gasteiger charge is 2.76. The molecule has 4 aliphatic carbocycles. The van der Waals surface area contributed by atoms with E-state index in [1.54, 1.807) is 44.2 Å². The van der Waals surface area contributed by atoms with Crippen molar-refractivity contribution in [2.45, 2.75) is 69.9 Å². The minimum Gasteiger partial charge on any atom is -0.478 e. The van der Waals surface area contributed by atoms with Gasteiger partial charge < -0.3 is 24.4 Å². The number of alkyl halides is 1. The number of aliphatic hydroxyl groups excluding tert-OH is 1. The number of hydrogen-bond donors (Lipinski definition) is 2. The maximum absolute atomic E-state index is 17.4. The van der Waals surface area contributed by atoms with E-state index in [1.165, 1.54) is 30.5 Å². The monoisotopic (exact) mass is 667 g/mol. The van der Waals surface area contributed by atoms with Gasteiger partial charge in [-0.15, -0.1) is 0 Å². The van der Waals surface area contributed by atoms with Gasteiger partial charge in [-0.05, 0) is 93.0 Å². The number of benzene rings is 2. The molecule has 7 rings (SSSR count). The van der Waals surface area contributed by atoms with Crippen LogP contribution >= 0.6 is 0 Å².